The Morgan fingerprint density at radius 1 is 1.40 bits per heavy atom. The normalized spacial score (nSPS) is 25.1. The summed E-state index contributed by atoms with van der Waals surface area (Å²) in [6.45, 7) is 3.39. The van der Waals surface area contributed by atoms with Crippen LogP contribution in [-0.2, 0) is 0 Å². The zero-order valence-electron chi connectivity index (χ0n) is 12.5. The van der Waals surface area contributed by atoms with E-state index in [0.717, 1.165) is 18.5 Å². The van der Waals surface area contributed by atoms with Crippen LogP contribution in [0.15, 0.2) is 30.3 Å². The molecule has 0 radical (unpaired) electrons. The number of hydrogen-bond donors (Lipinski definition) is 1. The van der Waals surface area contributed by atoms with Crippen molar-refractivity contribution in [2.45, 2.75) is 31.5 Å². The summed E-state index contributed by atoms with van der Waals surface area (Å²) in [4.78, 5) is 16.8. The molecule has 0 aromatic heterocycles. The molecule has 1 aromatic carbocycles. The Labute approximate surface area is 121 Å². The van der Waals surface area contributed by atoms with Gasteiger partial charge in [0.2, 0.25) is 0 Å². The molecule has 1 saturated heterocycles. The van der Waals surface area contributed by atoms with Crippen molar-refractivity contribution in [3.8, 4) is 0 Å². The molecule has 4 heteroatoms. The topological polar surface area (TPSA) is 43.8 Å². The van der Waals surface area contributed by atoms with E-state index >= 15 is 0 Å². The maximum absolute atomic E-state index is 12.5. The van der Waals surface area contributed by atoms with Crippen LogP contribution in [0.4, 0.5) is 0 Å². The van der Waals surface area contributed by atoms with Gasteiger partial charge in [-0.15, -0.1) is 0 Å². The molecular formula is C16H24N2O2. The Morgan fingerprint density at radius 2 is 2.05 bits per heavy atom. The van der Waals surface area contributed by atoms with E-state index in [2.05, 4.69) is 9.80 Å². The summed E-state index contributed by atoms with van der Waals surface area (Å²) in [5.41, 5.74) is 0.741. The third-order valence-corrected chi connectivity index (χ3v) is 3.95. The van der Waals surface area contributed by atoms with Crippen LogP contribution in [0, 0.1) is 0 Å². The monoisotopic (exact) mass is 276 g/mol. The number of β-amino-alcohol motifs (C(OH)–C–C–N with tert-alkyl or cyclic N) is 1. The molecule has 20 heavy (non-hydrogen) atoms. The Balaban J connectivity index is 2.10. The fraction of sp³-hybridized carbons (Fsp3) is 0.562. The Kier molecular flexibility index (Phi) is 4.91. The first-order valence-electron chi connectivity index (χ1n) is 7.17. The third kappa shape index (κ3) is 3.45. The van der Waals surface area contributed by atoms with Gasteiger partial charge >= 0.3 is 0 Å². The second-order valence-corrected chi connectivity index (χ2v) is 5.91. The molecule has 3 atom stereocenters. The van der Waals surface area contributed by atoms with Crippen molar-refractivity contribution in [2.75, 3.05) is 27.2 Å². The van der Waals surface area contributed by atoms with Gasteiger partial charge in [-0.3, -0.25) is 9.69 Å². The van der Waals surface area contributed by atoms with Gasteiger partial charge in [-0.05, 0) is 27.4 Å². The van der Waals surface area contributed by atoms with Crippen LogP contribution in [0.2, 0.25) is 0 Å². The van der Waals surface area contributed by atoms with Crippen molar-refractivity contribution < 1.29 is 9.90 Å². The van der Waals surface area contributed by atoms with Crippen LogP contribution in [-0.4, -0.2) is 66.1 Å². The number of benzene rings is 1. The van der Waals surface area contributed by atoms with E-state index in [4.69, 9.17) is 0 Å². The first kappa shape index (κ1) is 15.2. The number of Topliss-reactive ketones (excluding diaryl/α,β-unsaturated/α-hetero) is 1. The number of likely N-dealkylation sites (N-methyl/N-ethyl adjacent to an activating group) is 1. The molecule has 1 aromatic rings. The van der Waals surface area contributed by atoms with Gasteiger partial charge in [0.15, 0.2) is 5.78 Å². The van der Waals surface area contributed by atoms with Crippen molar-refractivity contribution in [3.63, 3.8) is 0 Å². The zero-order chi connectivity index (χ0) is 14.7. The highest BCUT2D eigenvalue weighted by Crippen LogP contribution is 2.23. The second-order valence-electron chi connectivity index (χ2n) is 5.91. The largest absolute Gasteiger partial charge is 0.392 e. The van der Waals surface area contributed by atoms with E-state index in [0.29, 0.717) is 6.54 Å². The number of hydrogen-bond acceptors (Lipinski definition) is 4. The van der Waals surface area contributed by atoms with E-state index in [-0.39, 0.29) is 24.0 Å². The molecule has 1 aliphatic rings. The van der Waals surface area contributed by atoms with Gasteiger partial charge in [-0.2, -0.15) is 0 Å². The summed E-state index contributed by atoms with van der Waals surface area (Å²) >= 11 is 0. The van der Waals surface area contributed by atoms with Gasteiger partial charge in [0.25, 0.3) is 0 Å². The fourth-order valence-corrected chi connectivity index (χ4v) is 2.99. The van der Waals surface area contributed by atoms with Crippen molar-refractivity contribution in [2.24, 2.45) is 0 Å². The maximum Gasteiger partial charge on any atom is 0.179 e. The minimum Gasteiger partial charge on any atom is -0.392 e. The highest BCUT2D eigenvalue weighted by atomic mass is 16.3. The van der Waals surface area contributed by atoms with E-state index in [9.17, 15) is 9.90 Å². The van der Waals surface area contributed by atoms with Crippen LogP contribution >= 0.6 is 0 Å². The molecule has 4 nitrogen and oxygen atoms in total. The minimum absolute atomic E-state index is 0.128. The number of likely N-dealkylation sites (tertiary alicyclic amines) is 1. The molecule has 1 heterocycles. The first-order valence-corrected chi connectivity index (χ1v) is 7.17. The predicted octanol–water partition coefficient (Wildman–Crippen LogP) is 1.25. The summed E-state index contributed by atoms with van der Waals surface area (Å²) in [5.74, 6) is 0.128. The Bertz CT molecular complexity index is 447. The predicted molar refractivity (Wildman–Crippen MR) is 79.9 cm³/mol. The summed E-state index contributed by atoms with van der Waals surface area (Å²) in [7, 11) is 4.04. The standard InChI is InChI=1S/C16H24N2O2/c1-12(16(20)13-7-5-4-6-8-13)18-11-15(19)9-14(18)10-17(2)3/h4-8,12,14-15,19H,9-11H2,1-3H3. The molecule has 0 bridgehead atoms. The number of rotatable bonds is 5. The number of carbonyl (C=O) groups excluding carboxylic acids is 1. The third-order valence-electron chi connectivity index (χ3n) is 3.95. The lowest BCUT2D eigenvalue weighted by molar-refractivity contribution is 0.0783. The second kappa shape index (κ2) is 6.48. The molecule has 0 amide bonds. The van der Waals surface area contributed by atoms with Gasteiger partial charge < -0.3 is 10.0 Å². The molecule has 0 saturated carbocycles. The lowest BCUT2D eigenvalue weighted by Crippen LogP contribution is -2.46. The van der Waals surface area contributed by atoms with E-state index in [1.165, 1.54) is 0 Å². The van der Waals surface area contributed by atoms with Crippen LogP contribution in [0.25, 0.3) is 0 Å². The summed E-state index contributed by atoms with van der Waals surface area (Å²) in [6, 6.07) is 9.43. The number of aliphatic hydroxyl groups excluding tert-OH is 1. The zero-order valence-corrected chi connectivity index (χ0v) is 12.5. The Morgan fingerprint density at radius 3 is 2.65 bits per heavy atom. The molecule has 2 rings (SSSR count). The van der Waals surface area contributed by atoms with Crippen molar-refractivity contribution in [1.82, 2.24) is 9.80 Å². The molecule has 110 valence electrons. The SMILES string of the molecule is CC(C(=O)c1ccccc1)N1CC(O)CC1CN(C)C. The average Bonchev–Trinajstić information content (AvgIpc) is 2.78. The molecule has 1 fully saturated rings. The Hall–Kier alpha value is -1.23. The summed E-state index contributed by atoms with van der Waals surface area (Å²) < 4.78 is 0. The highest BCUT2D eigenvalue weighted by Gasteiger charge is 2.36. The van der Waals surface area contributed by atoms with Gasteiger partial charge in [0, 0.05) is 24.7 Å². The fourth-order valence-electron chi connectivity index (χ4n) is 2.99. The first-order chi connectivity index (χ1) is 9.49. The molecule has 3 unspecified atom stereocenters. The average molecular weight is 276 g/mol. The quantitative estimate of drug-likeness (QED) is 0.822. The van der Waals surface area contributed by atoms with Crippen molar-refractivity contribution in [1.29, 1.82) is 0 Å². The van der Waals surface area contributed by atoms with Gasteiger partial charge in [0.1, 0.15) is 0 Å². The van der Waals surface area contributed by atoms with Gasteiger partial charge in [0.05, 0.1) is 12.1 Å². The van der Waals surface area contributed by atoms with Gasteiger partial charge in [-0.25, -0.2) is 0 Å². The number of ketones is 1. The van der Waals surface area contributed by atoms with Crippen LogP contribution in [0.5, 0.6) is 0 Å². The van der Waals surface area contributed by atoms with E-state index in [1.54, 1.807) is 0 Å². The van der Waals surface area contributed by atoms with E-state index < -0.39 is 0 Å². The number of carbonyl (C=O) groups is 1. The van der Waals surface area contributed by atoms with Crippen molar-refractivity contribution >= 4 is 5.78 Å². The maximum atomic E-state index is 12.5. The van der Waals surface area contributed by atoms with Crippen LogP contribution < -0.4 is 0 Å². The lowest BCUT2D eigenvalue weighted by Gasteiger charge is -2.31. The summed E-state index contributed by atoms with van der Waals surface area (Å²) in [6.07, 6.45) is 0.413. The van der Waals surface area contributed by atoms with Gasteiger partial charge in [-0.1, -0.05) is 30.3 Å². The lowest BCUT2D eigenvalue weighted by atomic mass is 10.0. The molecule has 0 spiro atoms. The van der Waals surface area contributed by atoms with Crippen molar-refractivity contribution in [3.05, 3.63) is 35.9 Å². The van der Waals surface area contributed by atoms with E-state index in [1.807, 2.05) is 51.4 Å². The van der Waals surface area contributed by atoms with Crippen LogP contribution in [0.3, 0.4) is 0 Å². The number of aliphatic hydroxyl groups is 1. The highest BCUT2D eigenvalue weighted by molar-refractivity contribution is 5.99. The molecular weight excluding hydrogens is 252 g/mol. The number of nitrogens with zero attached hydrogens (tertiary/aromatic N) is 2. The molecule has 1 aliphatic heterocycles. The summed E-state index contributed by atoms with van der Waals surface area (Å²) in [5, 5.41) is 9.91. The van der Waals surface area contributed by atoms with Crippen LogP contribution in [0.1, 0.15) is 23.7 Å². The molecule has 1 N–H and O–H groups in total. The minimum atomic E-state index is -0.328. The smallest absolute Gasteiger partial charge is 0.179 e. The molecule has 0 aliphatic carbocycles.